The quantitative estimate of drug-likeness (QED) is 0.855. The lowest BCUT2D eigenvalue weighted by atomic mass is 9.85. The second-order valence-corrected chi connectivity index (χ2v) is 8.87. The predicted octanol–water partition coefficient (Wildman–Crippen LogP) is 2.78. The van der Waals surface area contributed by atoms with Gasteiger partial charge in [0.2, 0.25) is 10.0 Å². The normalized spacial score (nSPS) is 19.4. The number of piperidine rings is 1. The first-order valence-electron chi connectivity index (χ1n) is 6.73. The van der Waals surface area contributed by atoms with Gasteiger partial charge in [0, 0.05) is 18.7 Å². The van der Waals surface area contributed by atoms with E-state index in [9.17, 15) is 8.42 Å². The minimum Gasteiger partial charge on any atom is -0.389 e. The molecule has 1 aromatic rings. The second kappa shape index (κ2) is 5.83. The molecule has 0 unspecified atom stereocenters. The molecule has 0 amide bonds. The van der Waals surface area contributed by atoms with Gasteiger partial charge in [-0.05, 0) is 30.4 Å². The molecule has 0 radical (unpaired) electrons. The number of thiocarbonyl (C=S) groups is 1. The largest absolute Gasteiger partial charge is 0.389 e. The van der Waals surface area contributed by atoms with Gasteiger partial charge in [-0.25, -0.2) is 8.42 Å². The standard InChI is InChI=1S/C14H19ClN2O2S2/c1-14(2)6-3-7-17(9-14)21(18,19)12-5-4-10(13(16)20)8-11(12)15/h4-5,8H,3,6-7,9H2,1-2H3,(H2,16,20). The minimum atomic E-state index is -3.59. The highest BCUT2D eigenvalue weighted by Gasteiger charge is 2.35. The highest BCUT2D eigenvalue weighted by atomic mass is 35.5. The number of sulfonamides is 1. The van der Waals surface area contributed by atoms with Crippen molar-refractivity contribution in [1.82, 2.24) is 4.31 Å². The van der Waals surface area contributed by atoms with Gasteiger partial charge >= 0.3 is 0 Å². The van der Waals surface area contributed by atoms with Crippen molar-refractivity contribution < 1.29 is 8.42 Å². The van der Waals surface area contributed by atoms with Gasteiger partial charge in [0.25, 0.3) is 0 Å². The maximum Gasteiger partial charge on any atom is 0.244 e. The first-order chi connectivity index (χ1) is 9.63. The second-order valence-electron chi connectivity index (χ2n) is 6.12. The van der Waals surface area contributed by atoms with Crippen LogP contribution in [0.15, 0.2) is 23.1 Å². The van der Waals surface area contributed by atoms with Gasteiger partial charge in [-0.3, -0.25) is 0 Å². The number of rotatable bonds is 3. The van der Waals surface area contributed by atoms with E-state index in [0.29, 0.717) is 18.7 Å². The van der Waals surface area contributed by atoms with Gasteiger partial charge in [0.1, 0.15) is 9.88 Å². The summed E-state index contributed by atoms with van der Waals surface area (Å²) in [5.74, 6) is 0. The van der Waals surface area contributed by atoms with Crippen molar-refractivity contribution in [3.63, 3.8) is 0 Å². The van der Waals surface area contributed by atoms with Crippen molar-refractivity contribution in [3.05, 3.63) is 28.8 Å². The van der Waals surface area contributed by atoms with Crippen molar-refractivity contribution in [2.24, 2.45) is 11.1 Å². The summed E-state index contributed by atoms with van der Waals surface area (Å²) in [6, 6.07) is 4.58. The number of nitrogens with two attached hydrogens (primary N) is 1. The summed E-state index contributed by atoms with van der Waals surface area (Å²) in [5, 5.41) is 0.156. The Morgan fingerprint density at radius 2 is 2.10 bits per heavy atom. The molecule has 0 spiro atoms. The van der Waals surface area contributed by atoms with Gasteiger partial charge in [-0.15, -0.1) is 0 Å². The lowest BCUT2D eigenvalue weighted by molar-refractivity contribution is 0.187. The van der Waals surface area contributed by atoms with E-state index >= 15 is 0 Å². The Labute approximate surface area is 136 Å². The van der Waals surface area contributed by atoms with Crippen LogP contribution in [0.3, 0.4) is 0 Å². The third kappa shape index (κ3) is 3.56. The van der Waals surface area contributed by atoms with E-state index in [0.717, 1.165) is 12.8 Å². The highest BCUT2D eigenvalue weighted by Crippen LogP contribution is 2.33. The Balaban J connectivity index is 2.38. The number of hydrogen-bond donors (Lipinski definition) is 1. The Hall–Kier alpha value is -0.690. The molecule has 1 aliphatic heterocycles. The predicted molar refractivity (Wildman–Crippen MR) is 89.1 cm³/mol. The zero-order valence-electron chi connectivity index (χ0n) is 12.1. The molecule has 0 saturated carbocycles. The first-order valence-corrected chi connectivity index (χ1v) is 8.96. The number of hydrogen-bond acceptors (Lipinski definition) is 3. The van der Waals surface area contributed by atoms with Crippen molar-refractivity contribution in [3.8, 4) is 0 Å². The van der Waals surface area contributed by atoms with Gasteiger partial charge < -0.3 is 5.73 Å². The number of nitrogens with zero attached hydrogens (tertiary/aromatic N) is 1. The number of benzene rings is 1. The lowest BCUT2D eigenvalue weighted by Crippen LogP contribution is -2.43. The molecule has 116 valence electrons. The van der Waals surface area contributed by atoms with Crippen LogP contribution in [-0.2, 0) is 10.0 Å². The van der Waals surface area contributed by atoms with Crippen molar-refractivity contribution >= 4 is 38.8 Å². The van der Waals surface area contributed by atoms with Crippen LogP contribution in [0.2, 0.25) is 5.02 Å². The fourth-order valence-electron chi connectivity index (χ4n) is 2.58. The monoisotopic (exact) mass is 346 g/mol. The zero-order valence-corrected chi connectivity index (χ0v) is 14.5. The minimum absolute atomic E-state index is 0.0173. The van der Waals surface area contributed by atoms with Gasteiger partial charge in [-0.1, -0.05) is 43.7 Å². The summed E-state index contributed by atoms with van der Waals surface area (Å²) in [5.41, 5.74) is 6.08. The molecule has 1 heterocycles. The van der Waals surface area contributed by atoms with Crippen LogP contribution in [-0.4, -0.2) is 30.8 Å². The third-order valence-corrected chi connectivity index (χ3v) is 6.26. The highest BCUT2D eigenvalue weighted by molar-refractivity contribution is 7.89. The Morgan fingerprint density at radius 3 is 2.62 bits per heavy atom. The molecular formula is C14H19ClN2O2S2. The van der Waals surface area contributed by atoms with Crippen LogP contribution in [0, 0.1) is 5.41 Å². The maximum absolute atomic E-state index is 12.8. The molecule has 0 aliphatic carbocycles. The Morgan fingerprint density at radius 1 is 1.43 bits per heavy atom. The summed E-state index contributed by atoms with van der Waals surface area (Å²) in [4.78, 5) is 0.307. The Kier molecular flexibility index (Phi) is 4.63. The lowest BCUT2D eigenvalue weighted by Gasteiger charge is -2.37. The van der Waals surface area contributed by atoms with Crippen LogP contribution in [0.25, 0.3) is 0 Å². The summed E-state index contributed by atoms with van der Waals surface area (Å²) in [6.45, 7) is 5.18. The van der Waals surface area contributed by atoms with Crippen molar-refractivity contribution in [2.75, 3.05) is 13.1 Å². The SMILES string of the molecule is CC1(C)CCCN(S(=O)(=O)c2ccc(C(N)=S)cc2Cl)C1. The summed E-state index contributed by atoms with van der Waals surface area (Å²) >= 11 is 11.0. The van der Waals surface area contributed by atoms with Gasteiger partial charge in [-0.2, -0.15) is 4.31 Å². The van der Waals surface area contributed by atoms with Crippen LogP contribution in [0.5, 0.6) is 0 Å². The van der Waals surface area contributed by atoms with Crippen LogP contribution < -0.4 is 5.73 Å². The van der Waals surface area contributed by atoms with E-state index in [4.69, 9.17) is 29.6 Å². The molecular weight excluding hydrogens is 328 g/mol. The maximum atomic E-state index is 12.8. The van der Waals surface area contributed by atoms with Crippen LogP contribution in [0.1, 0.15) is 32.3 Å². The molecule has 7 heteroatoms. The van der Waals surface area contributed by atoms with E-state index in [1.807, 2.05) is 0 Å². The van der Waals surface area contributed by atoms with Crippen LogP contribution in [0.4, 0.5) is 0 Å². The molecule has 0 aromatic heterocycles. The summed E-state index contributed by atoms with van der Waals surface area (Å²) in [7, 11) is -3.59. The zero-order chi connectivity index (χ0) is 15.8. The molecule has 4 nitrogen and oxygen atoms in total. The topological polar surface area (TPSA) is 63.4 Å². The van der Waals surface area contributed by atoms with Crippen molar-refractivity contribution in [1.29, 1.82) is 0 Å². The average Bonchev–Trinajstić information content (AvgIpc) is 2.36. The molecule has 1 fully saturated rings. The van der Waals surface area contributed by atoms with E-state index < -0.39 is 10.0 Å². The smallest absolute Gasteiger partial charge is 0.244 e. The summed E-state index contributed by atoms with van der Waals surface area (Å²) < 4.78 is 27.0. The molecule has 0 bridgehead atoms. The molecule has 21 heavy (non-hydrogen) atoms. The first kappa shape index (κ1) is 16.7. The fourth-order valence-corrected chi connectivity index (χ4v) is 4.89. The van der Waals surface area contributed by atoms with E-state index in [-0.39, 0.29) is 20.3 Å². The molecule has 1 aliphatic rings. The van der Waals surface area contributed by atoms with Crippen molar-refractivity contribution in [2.45, 2.75) is 31.6 Å². The fraction of sp³-hybridized carbons (Fsp3) is 0.500. The summed E-state index contributed by atoms with van der Waals surface area (Å²) in [6.07, 6.45) is 1.88. The van der Waals surface area contributed by atoms with E-state index in [2.05, 4.69) is 13.8 Å². The molecule has 2 rings (SSSR count). The van der Waals surface area contributed by atoms with E-state index in [1.165, 1.54) is 16.4 Å². The number of halogens is 1. The van der Waals surface area contributed by atoms with Gasteiger partial charge in [0.05, 0.1) is 5.02 Å². The molecule has 1 saturated heterocycles. The van der Waals surface area contributed by atoms with Crippen LogP contribution >= 0.6 is 23.8 Å². The molecule has 2 N–H and O–H groups in total. The third-order valence-electron chi connectivity index (χ3n) is 3.70. The molecule has 0 atom stereocenters. The van der Waals surface area contributed by atoms with E-state index in [1.54, 1.807) is 6.07 Å². The Bertz CT molecular complexity index is 672. The van der Waals surface area contributed by atoms with Gasteiger partial charge in [0.15, 0.2) is 0 Å². The molecule has 1 aromatic carbocycles. The average molecular weight is 347 g/mol.